The number of rotatable bonds is 8. The third kappa shape index (κ3) is 5.64. The number of hydrogen-bond acceptors (Lipinski definition) is 3. The third-order valence-electron chi connectivity index (χ3n) is 5.71. The summed E-state index contributed by atoms with van der Waals surface area (Å²) in [5.74, 6) is 0.341. The molecule has 156 valence electrons. The van der Waals surface area contributed by atoms with E-state index in [0.717, 1.165) is 25.2 Å². The number of methoxy groups -OCH3 is 1. The first-order chi connectivity index (χ1) is 14.0. The summed E-state index contributed by atoms with van der Waals surface area (Å²) in [6.07, 6.45) is 0. The molecule has 0 aliphatic carbocycles. The minimum absolute atomic E-state index is 0.0156. The minimum Gasteiger partial charge on any atom is -0.375 e. The topological polar surface area (TPSA) is 32.8 Å². The number of likely N-dealkylation sites (tertiary alicyclic amines) is 1. The molecule has 0 saturated carbocycles. The Morgan fingerprint density at radius 2 is 1.83 bits per heavy atom. The Kier molecular flexibility index (Phi) is 7.40. The zero-order valence-corrected chi connectivity index (χ0v) is 17.6. The predicted octanol–water partition coefficient (Wildman–Crippen LogP) is 3.92. The highest BCUT2D eigenvalue weighted by Crippen LogP contribution is 2.34. The zero-order chi connectivity index (χ0) is 20.8. The fourth-order valence-corrected chi connectivity index (χ4v) is 4.26. The average Bonchev–Trinajstić information content (AvgIpc) is 3.09. The van der Waals surface area contributed by atoms with Gasteiger partial charge in [-0.25, -0.2) is 4.39 Å². The second-order valence-corrected chi connectivity index (χ2v) is 8.17. The van der Waals surface area contributed by atoms with Crippen molar-refractivity contribution in [2.75, 3.05) is 33.4 Å². The molecule has 1 aliphatic heterocycles. The van der Waals surface area contributed by atoms with E-state index in [1.165, 1.54) is 17.7 Å². The van der Waals surface area contributed by atoms with Crippen LogP contribution in [0.25, 0.3) is 0 Å². The van der Waals surface area contributed by atoms with E-state index in [2.05, 4.69) is 29.2 Å². The molecule has 2 aromatic carbocycles. The number of carbonyl (C=O) groups excluding carboxylic acids is 1. The van der Waals surface area contributed by atoms with Crippen LogP contribution in [-0.4, -0.2) is 55.1 Å². The smallest absolute Gasteiger partial charge is 0.248 e. The number of benzene rings is 2. The van der Waals surface area contributed by atoms with Gasteiger partial charge >= 0.3 is 0 Å². The number of halogens is 1. The maximum absolute atomic E-state index is 13.5. The SMILES string of the molecule is COCC(=O)N(CC1CN(Cc2ccccc2)CC1c1ccc(F)cc1)C(C)C. The van der Waals surface area contributed by atoms with E-state index in [1.54, 1.807) is 7.11 Å². The first-order valence-electron chi connectivity index (χ1n) is 10.3. The van der Waals surface area contributed by atoms with Gasteiger partial charge in [0.15, 0.2) is 0 Å². The molecule has 2 atom stereocenters. The van der Waals surface area contributed by atoms with E-state index in [1.807, 2.05) is 36.9 Å². The highest BCUT2D eigenvalue weighted by Gasteiger charge is 2.36. The van der Waals surface area contributed by atoms with Gasteiger partial charge in [0.2, 0.25) is 5.91 Å². The molecular formula is C24H31FN2O2. The highest BCUT2D eigenvalue weighted by atomic mass is 19.1. The number of hydrogen-bond donors (Lipinski definition) is 0. The summed E-state index contributed by atoms with van der Waals surface area (Å²) >= 11 is 0. The number of carbonyl (C=O) groups is 1. The lowest BCUT2D eigenvalue weighted by Crippen LogP contribution is -2.43. The van der Waals surface area contributed by atoms with Crippen molar-refractivity contribution in [3.8, 4) is 0 Å². The number of amides is 1. The van der Waals surface area contributed by atoms with Crippen LogP contribution in [-0.2, 0) is 16.1 Å². The van der Waals surface area contributed by atoms with E-state index in [4.69, 9.17) is 4.74 Å². The van der Waals surface area contributed by atoms with Gasteiger partial charge in [-0.2, -0.15) is 0 Å². The van der Waals surface area contributed by atoms with Crippen LogP contribution in [0.4, 0.5) is 4.39 Å². The summed E-state index contributed by atoms with van der Waals surface area (Å²) in [4.78, 5) is 16.9. The standard InChI is InChI=1S/C24H31FN2O2/c1-18(2)27(24(28)17-29-3)15-21-14-26(13-19-7-5-4-6-8-19)16-23(21)20-9-11-22(25)12-10-20/h4-12,18,21,23H,13-17H2,1-3H3. The van der Waals surface area contributed by atoms with Crippen molar-refractivity contribution in [1.29, 1.82) is 0 Å². The van der Waals surface area contributed by atoms with Crippen LogP contribution < -0.4 is 0 Å². The van der Waals surface area contributed by atoms with Crippen LogP contribution >= 0.6 is 0 Å². The summed E-state index contributed by atoms with van der Waals surface area (Å²) < 4.78 is 18.5. The first kappa shape index (κ1) is 21.5. The van der Waals surface area contributed by atoms with Crippen molar-refractivity contribution in [2.24, 2.45) is 5.92 Å². The lowest BCUT2D eigenvalue weighted by Gasteiger charge is -2.31. The molecule has 1 heterocycles. The van der Waals surface area contributed by atoms with Crippen molar-refractivity contribution < 1.29 is 13.9 Å². The normalized spacial score (nSPS) is 19.6. The monoisotopic (exact) mass is 398 g/mol. The predicted molar refractivity (Wildman–Crippen MR) is 113 cm³/mol. The Labute approximate surface area is 173 Å². The van der Waals surface area contributed by atoms with E-state index in [0.29, 0.717) is 6.54 Å². The fraction of sp³-hybridized carbons (Fsp3) is 0.458. The van der Waals surface area contributed by atoms with Crippen molar-refractivity contribution in [3.63, 3.8) is 0 Å². The average molecular weight is 399 g/mol. The Hall–Kier alpha value is -2.24. The Balaban J connectivity index is 1.80. The number of ether oxygens (including phenoxy) is 1. The third-order valence-corrected chi connectivity index (χ3v) is 5.71. The molecule has 1 aliphatic rings. The largest absolute Gasteiger partial charge is 0.375 e. The van der Waals surface area contributed by atoms with Crippen molar-refractivity contribution in [2.45, 2.75) is 32.4 Å². The summed E-state index contributed by atoms with van der Waals surface area (Å²) in [6, 6.07) is 17.4. The summed E-state index contributed by atoms with van der Waals surface area (Å²) in [5, 5.41) is 0. The lowest BCUT2D eigenvalue weighted by atomic mass is 9.88. The molecule has 4 nitrogen and oxygen atoms in total. The van der Waals surface area contributed by atoms with E-state index in [-0.39, 0.29) is 36.2 Å². The molecule has 3 rings (SSSR count). The fourth-order valence-electron chi connectivity index (χ4n) is 4.26. The van der Waals surface area contributed by atoms with Crippen LogP contribution in [0.1, 0.15) is 30.9 Å². The van der Waals surface area contributed by atoms with Gasteiger partial charge < -0.3 is 9.64 Å². The maximum Gasteiger partial charge on any atom is 0.248 e. The van der Waals surface area contributed by atoms with E-state index < -0.39 is 0 Å². The molecule has 2 unspecified atom stereocenters. The van der Waals surface area contributed by atoms with Crippen LogP contribution in [0.3, 0.4) is 0 Å². The van der Waals surface area contributed by atoms with Gasteiger partial charge in [0.1, 0.15) is 12.4 Å². The van der Waals surface area contributed by atoms with Gasteiger partial charge in [0, 0.05) is 45.2 Å². The Morgan fingerprint density at radius 3 is 2.45 bits per heavy atom. The number of nitrogens with zero attached hydrogens (tertiary/aromatic N) is 2. The first-order valence-corrected chi connectivity index (χ1v) is 10.3. The van der Waals surface area contributed by atoms with Gasteiger partial charge in [0.05, 0.1) is 0 Å². The Morgan fingerprint density at radius 1 is 1.14 bits per heavy atom. The molecule has 1 fully saturated rings. The highest BCUT2D eigenvalue weighted by molar-refractivity contribution is 5.77. The second-order valence-electron chi connectivity index (χ2n) is 8.17. The van der Waals surface area contributed by atoms with Gasteiger partial charge in [-0.3, -0.25) is 9.69 Å². The van der Waals surface area contributed by atoms with Crippen LogP contribution in [0.2, 0.25) is 0 Å². The summed E-state index contributed by atoms with van der Waals surface area (Å²) in [6.45, 7) is 7.53. The summed E-state index contributed by atoms with van der Waals surface area (Å²) in [7, 11) is 1.55. The van der Waals surface area contributed by atoms with Crippen LogP contribution in [0.15, 0.2) is 54.6 Å². The molecule has 5 heteroatoms. The minimum atomic E-state index is -0.219. The zero-order valence-electron chi connectivity index (χ0n) is 17.6. The van der Waals surface area contributed by atoms with Gasteiger partial charge in [-0.15, -0.1) is 0 Å². The molecule has 0 aromatic heterocycles. The van der Waals surface area contributed by atoms with Crippen molar-refractivity contribution >= 4 is 5.91 Å². The molecule has 0 spiro atoms. The van der Waals surface area contributed by atoms with Gasteiger partial charge in [-0.1, -0.05) is 42.5 Å². The van der Waals surface area contributed by atoms with Crippen molar-refractivity contribution in [3.05, 3.63) is 71.5 Å². The summed E-state index contributed by atoms with van der Waals surface area (Å²) in [5.41, 5.74) is 2.41. The molecule has 1 saturated heterocycles. The molecular weight excluding hydrogens is 367 g/mol. The molecule has 2 aromatic rings. The second kappa shape index (κ2) is 9.99. The van der Waals surface area contributed by atoms with E-state index in [9.17, 15) is 9.18 Å². The molecule has 0 radical (unpaired) electrons. The quantitative estimate of drug-likeness (QED) is 0.676. The molecule has 0 N–H and O–H groups in total. The molecule has 29 heavy (non-hydrogen) atoms. The van der Waals surface area contributed by atoms with Crippen LogP contribution in [0, 0.1) is 11.7 Å². The molecule has 1 amide bonds. The van der Waals surface area contributed by atoms with Gasteiger partial charge in [0.25, 0.3) is 0 Å². The van der Waals surface area contributed by atoms with Crippen molar-refractivity contribution in [1.82, 2.24) is 9.80 Å². The lowest BCUT2D eigenvalue weighted by molar-refractivity contribution is -0.137. The van der Waals surface area contributed by atoms with E-state index >= 15 is 0 Å². The molecule has 0 bridgehead atoms. The van der Waals surface area contributed by atoms with Gasteiger partial charge in [-0.05, 0) is 43.0 Å². The Bertz CT molecular complexity index is 779. The maximum atomic E-state index is 13.5. The van der Waals surface area contributed by atoms with Crippen LogP contribution in [0.5, 0.6) is 0 Å².